The van der Waals surface area contributed by atoms with Crippen molar-refractivity contribution in [1.82, 2.24) is 9.97 Å². The molecule has 292 valence electrons. The molecule has 0 fully saturated rings. The molecule has 2 aromatic rings. The second-order valence-corrected chi connectivity index (χ2v) is 10.2. The largest absolute Gasteiger partial charge is 0.490 e. The number of hydrogen-bond acceptors (Lipinski definition) is 8. The van der Waals surface area contributed by atoms with Gasteiger partial charge in [-0.05, 0) is 30.7 Å². The van der Waals surface area contributed by atoms with Gasteiger partial charge < -0.3 is 18.9 Å². The van der Waals surface area contributed by atoms with Crippen molar-refractivity contribution < 1.29 is 94.3 Å². The van der Waals surface area contributed by atoms with Crippen LogP contribution in [0.4, 0.5) is 65.9 Å². The molecule has 0 amide bonds. The molecular weight excluding hydrogens is 745 g/mol. The second kappa shape index (κ2) is 17.5. The highest BCUT2D eigenvalue weighted by Gasteiger charge is 2.85. The number of nitrogens with zero attached hydrogens (tertiary/aromatic N) is 2. The van der Waals surface area contributed by atoms with Gasteiger partial charge in [-0.3, -0.25) is 0 Å². The van der Waals surface area contributed by atoms with Crippen LogP contribution in [0, 0.1) is 0 Å². The van der Waals surface area contributed by atoms with Crippen LogP contribution in [0.3, 0.4) is 0 Å². The molecule has 1 aromatic carbocycles. The topological polar surface area (TPSA) is 81.2 Å². The van der Waals surface area contributed by atoms with E-state index in [1.165, 1.54) is 12.4 Å². The molecule has 0 saturated heterocycles. The average molecular weight is 775 g/mol. The van der Waals surface area contributed by atoms with Gasteiger partial charge in [-0.1, -0.05) is 26.2 Å². The molecule has 0 unspecified atom stereocenters. The Bertz CT molecular complexity index is 1350. The van der Waals surface area contributed by atoms with E-state index in [1.54, 1.807) is 29.0 Å². The first-order valence-corrected chi connectivity index (χ1v) is 14.5. The maximum absolute atomic E-state index is 13.7. The summed E-state index contributed by atoms with van der Waals surface area (Å²) >= 11 is 0. The van der Waals surface area contributed by atoms with E-state index in [2.05, 4.69) is 19.4 Å². The van der Waals surface area contributed by atoms with Crippen molar-refractivity contribution >= 4 is 0 Å². The van der Waals surface area contributed by atoms with Crippen molar-refractivity contribution in [2.45, 2.75) is 75.1 Å². The molecule has 0 aliphatic heterocycles. The molecule has 0 aliphatic rings. The van der Waals surface area contributed by atoms with Gasteiger partial charge in [0.25, 0.3) is 0 Å². The van der Waals surface area contributed by atoms with Crippen LogP contribution in [0.25, 0.3) is 11.4 Å². The number of aromatic nitrogens is 2. The molecule has 0 atom stereocenters. The van der Waals surface area contributed by atoms with Crippen LogP contribution in [-0.4, -0.2) is 92.1 Å². The maximum Gasteiger partial charge on any atom is 0.460 e. The molecular formula is C28H29F15N2O6. The first kappa shape index (κ1) is 43.9. The zero-order valence-corrected chi connectivity index (χ0v) is 26.0. The fourth-order valence-electron chi connectivity index (χ4n) is 3.58. The molecule has 0 aliphatic carbocycles. The number of halogens is 15. The number of rotatable bonds is 23. The van der Waals surface area contributed by atoms with Crippen molar-refractivity contribution in [3.8, 4) is 22.9 Å². The third-order valence-electron chi connectivity index (χ3n) is 6.14. The first-order chi connectivity index (χ1) is 23.4. The molecule has 0 N–H and O–H groups in total. The fraction of sp³-hybridized carbons (Fsp3) is 0.643. The third kappa shape index (κ3) is 11.9. The zero-order chi connectivity index (χ0) is 38.8. The number of unbranched alkanes of at least 4 members (excludes halogenated alkanes) is 3. The summed E-state index contributed by atoms with van der Waals surface area (Å²) < 4.78 is 221. The standard InChI is InChI=1S/C28H29F15N2O6/c1-2-3-4-5-11-48-20-16-18(21-44-9-6-10-45-21)7-8-19(20)49-15-14-46-12-13-47-17-22(29,30)50-27(40,41)28(42,43)51-26(38,39)24(33,34)23(31,32)25(35,36)37/h6-10,16H,2-5,11-15,17H2,1H3. The molecule has 0 radical (unpaired) electrons. The van der Waals surface area contributed by atoms with Gasteiger partial charge >= 0.3 is 42.5 Å². The summed E-state index contributed by atoms with van der Waals surface area (Å²) in [6, 6.07) is 6.47. The van der Waals surface area contributed by atoms with E-state index in [1.807, 2.05) is 6.92 Å². The van der Waals surface area contributed by atoms with Crippen LogP contribution in [0.15, 0.2) is 36.7 Å². The Hall–Kier alpha value is -3.31. The minimum absolute atomic E-state index is 0.160. The Labute approximate surface area is 279 Å². The lowest BCUT2D eigenvalue weighted by Gasteiger charge is -2.36. The SMILES string of the molecule is CCCCCCOc1cc(-c2ncccn2)ccc1OCCOCCOCC(F)(F)OC(F)(F)C(F)(F)OC(F)(F)C(F)(F)C(F)(F)C(F)(F)F. The van der Waals surface area contributed by atoms with E-state index >= 15 is 0 Å². The number of ether oxygens (including phenoxy) is 6. The summed E-state index contributed by atoms with van der Waals surface area (Å²) in [6.07, 6.45) is -28.4. The van der Waals surface area contributed by atoms with E-state index < -0.39 is 62.3 Å². The van der Waals surface area contributed by atoms with E-state index in [9.17, 15) is 65.9 Å². The lowest BCUT2D eigenvalue weighted by Crippen LogP contribution is -2.64. The van der Waals surface area contributed by atoms with Crippen LogP contribution in [0.2, 0.25) is 0 Å². The van der Waals surface area contributed by atoms with Gasteiger partial charge in [-0.15, -0.1) is 0 Å². The van der Waals surface area contributed by atoms with Gasteiger partial charge in [0.2, 0.25) is 0 Å². The number of alkyl halides is 15. The van der Waals surface area contributed by atoms with Crippen molar-refractivity contribution in [2.24, 2.45) is 0 Å². The van der Waals surface area contributed by atoms with Gasteiger partial charge in [-0.2, -0.15) is 65.9 Å². The third-order valence-corrected chi connectivity index (χ3v) is 6.14. The summed E-state index contributed by atoms with van der Waals surface area (Å²) in [6.45, 7) is -1.75. The van der Waals surface area contributed by atoms with Crippen molar-refractivity contribution in [1.29, 1.82) is 0 Å². The van der Waals surface area contributed by atoms with Crippen LogP contribution in [0.1, 0.15) is 32.6 Å². The quantitative estimate of drug-likeness (QED) is 0.0820. The van der Waals surface area contributed by atoms with Crippen LogP contribution >= 0.6 is 0 Å². The Morgan fingerprint density at radius 2 is 1.14 bits per heavy atom. The van der Waals surface area contributed by atoms with Crippen LogP contribution in [0.5, 0.6) is 11.5 Å². The lowest BCUT2D eigenvalue weighted by molar-refractivity contribution is -0.543. The van der Waals surface area contributed by atoms with E-state index in [-0.39, 0.29) is 19.0 Å². The second-order valence-electron chi connectivity index (χ2n) is 10.2. The van der Waals surface area contributed by atoms with Crippen molar-refractivity contribution in [2.75, 3.05) is 39.6 Å². The van der Waals surface area contributed by atoms with Gasteiger partial charge in [0.05, 0.1) is 26.4 Å². The highest BCUT2D eigenvalue weighted by atomic mass is 19.4. The first-order valence-electron chi connectivity index (χ1n) is 14.5. The zero-order valence-electron chi connectivity index (χ0n) is 26.0. The summed E-state index contributed by atoms with van der Waals surface area (Å²) in [5.74, 6) is -14.7. The number of hydrogen-bond donors (Lipinski definition) is 0. The minimum atomic E-state index is -7.93. The summed E-state index contributed by atoms with van der Waals surface area (Å²) in [4.78, 5) is 8.31. The molecule has 8 nitrogen and oxygen atoms in total. The molecule has 0 spiro atoms. The molecule has 1 aromatic heterocycles. The van der Waals surface area contributed by atoms with Crippen molar-refractivity contribution in [3.05, 3.63) is 36.7 Å². The maximum atomic E-state index is 13.7. The van der Waals surface area contributed by atoms with Crippen molar-refractivity contribution in [3.63, 3.8) is 0 Å². The van der Waals surface area contributed by atoms with E-state index in [0.29, 0.717) is 23.7 Å². The van der Waals surface area contributed by atoms with Gasteiger partial charge in [0.15, 0.2) is 17.3 Å². The predicted molar refractivity (Wildman–Crippen MR) is 142 cm³/mol. The van der Waals surface area contributed by atoms with Gasteiger partial charge in [0, 0.05) is 18.0 Å². The monoisotopic (exact) mass is 774 g/mol. The normalized spacial score (nSPS) is 13.8. The van der Waals surface area contributed by atoms with Crippen LogP contribution in [-0.2, 0) is 18.9 Å². The lowest BCUT2D eigenvalue weighted by atomic mass is 10.1. The summed E-state index contributed by atoms with van der Waals surface area (Å²) in [5.41, 5.74) is 0.611. The fourth-order valence-corrected chi connectivity index (χ4v) is 3.58. The Kier molecular flexibility index (Phi) is 15.0. The molecule has 2 rings (SSSR count). The molecule has 51 heavy (non-hydrogen) atoms. The molecule has 0 bridgehead atoms. The average Bonchev–Trinajstić information content (AvgIpc) is 3.01. The Balaban J connectivity index is 1.86. The molecule has 1 heterocycles. The summed E-state index contributed by atoms with van der Waals surface area (Å²) in [5, 5.41) is 0. The minimum Gasteiger partial charge on any atom is -0.490 e. The van der Waals surface area contributed by atoms with Gasteiger partial charge in [-0.25, -0.2) is 19.4 Å². The smallest absolute Gasteiger partial charge is 0.460 e. The number of benzene rings is 1. The predicted octanol–water partition coefficient (Wildman–Crippen LogP) is 8.75. The summed E-state index contributed by atoms with van der Waals surface area (Å²) in [7, 11) is 0. The Morgan fingerprint density at radius 1 is 0.569 bits per heavy atom. The van der Waals surface area contributed by atoms with E-state index in [0.717, 1.165) is 25.7 Å². The molecule has 23 heteroatoms. The highest BCUT2D eigenvalue weighted by Crippen LogP contribution is 2.56. The van der Waals surface area contributed by atoms with Crippen LogP contribution < -0.4 is 9.47 Å². The van der Waals surface area contributed by atoms with Gasteiger partial charge in [0.1, 0.15) is 13.2 Å². The molecule has 0 saturated carbocycles. The Morgan fingerprint density at radius 3 is 1.75 bits per heavy atom. The van der Waals surface area contributed by atoms with E-state index in [4.69, 9.17) is 14.2 Å². The highest BCUT2D eigenvalue weighted by molar-refractivity contribution is 5.60.